The zero-order chi connectivity index (χ0) is 31.5. The van der Waals surface area contributed by atoms with Crippen LogP contribution in [0.4, 0.5) is 0 Å². The van der Waals surface area contributed by atoms with Gasteiger partial charge in [0.05, 0.1) is 16.6 Å². The average Bonchev–Trinajstić information content (AvgIpc) is 3.47. The third kappa shape index (κ3) is 5.43. The van der Waals surface area contributed by atoms with E-state index in [9.17, 15) is 0 Å². The molecule has 1 aliphatic carbocycles. The molecule has 0 spiro atoms. The summed E-state index contributed by atoms with van der Waals surface area (Å²) in [5.41, 5.74) is 10.7. The van der Waals surface area contributed by atoms with E-state index in [2.05, 4.69) is 76.7 Å². The summed E-state index contributed by atoms with van der Waals surface area (Å²) < 4.78 is 0. The molecule has 8 aromatic rings. The van der Waals surface area contributed by atoms with Gasteiger partial charge in [-0.3, -0.25) is 15.0 Å². The molecule has 1 atom stereocenters. The van der Waals surface area contributed by atoms with E-state index in [0.29, 0.717) is 0 Å². The minimum Gasteiger partial charge on any atom is -0.300 e. The fourth-order valence-electron chi connectivity index (χ4n) is 6.51. The molecule has 0 bridgehead atoms. The van der Waals surface area contributed by atoms with Gasteiger partial charge in [0.1, 0.15) is 6.33 Å². The van der Waals surface area contributed by atoms with Crippen molar-refractivity contribution in [2.45, 2.75) is 5.41 Å². The number of hydrogen-bond donors (Lipinski definition) is 0. The molecular formula is C43H27IrN4. The normalized spacial score (nSPS) is 14.2. The number of nitrogens with zero attached hydrogens (tertiary/aromatic N) is 4. The van der Waals surface area contributed by atoms with Crippen LogP contribution in [0.5, 0.6) is 0 Å². The van der Waals surface area contributed by atoms with E-state index >= 15 is 0 Å². The van der Waals surface area contributed by atoms with Crippen LogP contribution in [0.15, 0.2) is 164 Å². The van der Waals surface area contributed by atoms with Crippen molar-refractivity contribution in [2.24, 2.45) is 0 Å². The van der Waals surface area contributed by atoms with Crippen LogP contribution in [0.25, 0.3) is 44.5 Å². The van der Waals surface area contributed by atoms with E-state index in [1.807, 2.05) is 109 Å². The molecule has 0 aliphatic heterocycles. The maximum Gasteiger partial charge on any atom is 3.00 e. The fourth-order valence-corrected chi connectivity index (χ4v) is 6.51. The van der Waals surface area contributed by atoms with Crippen LogP contribution in [-0.2, 0) is 25.5 Å². The molecule has 0 N–H and O–H groups in total. The average molecular weight is 792 g/mol. The number of pyridine rings is 2. The third-order valence-electron chi connectivity index (χ3n) is 8.53. The minimum atomic E-state index is -0.626. The molecule has 0 fully saturated rings. The van der Waals surface area contributed by atoms with E-state index in [1.54, 1.807) is 6.33 Å². The van der Waals surface area contributed by atoms with E-state index in [0.717, 1.165) is 50.4 Å². The second kappa shape index (κ2) is 13.6. The van der Waals surface area contributed by atoms with Gasteiger partial charge in [-0.05, 0) is 46.6 Å². The van der Waals surface area contributed by atoms with E-state index in [-0.39, 0.29) is 20.1 Å². The predicted octanol–water partition coefficient (Wildman–Crippen LogP) is 9.20. The first kappa shape index (κ1) is 31.0. The second-order valence-corrected chi connectivity index (χ2v) is 11.2. The van der Waals surface area contributed by atoms with Crippen LogP contribution >= 0.6 is 0 Å². The van der Waals surface area contributed by atoms with Gasteiger partial charge in [-0.2, -0.15) is 24.3 Å². The number of aromatic nitrogens is 4. The van der Waals surface area contributed by atoms with Crippen LogP contribution in [0.2, 0.25) is 0 Å². The van der Waals surface area contributed by atoms with E-state index in [4.69, 9.17) is 9.97 Å². The van der Waals surface area contributed by atoms with E-state index in [1.165, 1.54) is 16.7 Å². The van der Waals surface area contributed by atoms with Crippen molar-refractivity contribution >= 4 is 10.9 Å². The molecule has 3 heterocycles. The zero-order valence-electron chi connectivity index (χ0n) is 25.7. The Bertz CT molecular complexity index is 2260. The van der Waals surface area contributed by atoms with Gasteiger partial charge < -0.3 is 0 Å². The number of benzene rings is 5. The number of hydrogen-bond acceptors (Lipinski definition) is 4. The van der Waals surface area contributed by atoms with Gasteiger partial charge >= 0.3 is 20.1 Å². The molecule has 3 aromatic heterocycles. The largest absolute Gasteiger partial charge is 3.00 e. The second-order valence-electron chi connectivity index (χ2n) is 11.2. The van der Waals surface area contributed by atoms with Crippen molar-refractivity contribution in [3.8, 4) is 33.6 Å². The summed E-state index contributed by atoms with van der Waals surface area (Å²) in [6.07, 6.45) is 3.45. The van der Waals surface area contributed by atoms with Gasteiger partial charge in [0, 0.05) is 11.9 Å². The van der Waals surface area contributed by atoms with Gasteiger partial charge in [-0.15, -0.1) is 82.9 Å². The standard InChI is InChI=1S/C29H18N2.C14H9N2.Ir/c1-2-11-21(12-3-1)26-17-10-19-28(31-26)29(27-18-8-9-20-30-27)24-15-6-4-13-22(24)23-14-5-7-16-25(23)29;1-2-6-11(7-3-1)14-12-8-4-5-9-13(12)15-10-16-14;/h1-11,13-15,17-20H;1-6,8-10H;/q-2;-1;+3/t29-;;/m0../s1. The van der Waals surface area contributed by atoms with Crippen molar-refractivity contribution in [3.63, 3.8) is 0 Å². The number of para-hydroxylation sites is 1. The predicted molar refractivity (Wildman–Crippen MR) is 186 cm³/mol. The Hall–Kier alpha value is -5.61. The molecule has 0 radical (unpaired) electrons. The van der Waals surface area contributed by atoms with Gasteiger partial charge in [0.15, 0.2) is 0 Å². The number of fused-ring (bicyclic) bond motifs is 4. The maximum absolute atomic E-state index is 5.18. The summed E-state index contributed by atoms with van der Waals surface area (Å²) in [7, 11) is 0. The van der Waals surface area contributed by atoms with Gasteiger partial charge in [0.2, 0.25) is 0 Å². The Morgan fingerprint density at radius 2 is 1.21 bits per heavy atom. The van der Waals surface area contributed by atoms with Crippen molar-refractivity contribution in [3.05, 3.63) is 205 Å². The summed E-state index contributed by atoms with van der Waals surface area (Å²) in [6.45, 7) is 0. The topological polar surface area (TPSA) is 51.6 Å². The maximum atomic E-state index is 5.18. The summed E-state index contributed by atoms with van der Waals surface area (Å²) in [6, 6.07) is 60.9. The minimum absolute atomic E-state index is 0. The molecule has 228 valence electrons. The fraction of sp³-hybridized carbons (Fsp3) is 0.0233. The molecule has 4 nitrogen and oxygen atoms in total. The molecular weight excluding hydrogens is 765 g/mol. The molecule has 1 aliphatic rings. The van der Waals surface area contributed by atoms with Gasteiger partial charge in [-0.1, -0.05) is 66.2 Å². The van der Waals surface area contributed by atoms with Crippen molar-refractivity contribution < 1.29 is 20.1 Å². The smallest absolute Gasteiger partial charge is 0.300 e. The van der Waals surface area contributed by atoms with Crippen LogP contribution < -0.4 is 0 Å². The first-order valence-corrected chi connectivity index (χ1v) is 15.5. The zero-order valence-corrected chi connectivity index (χ0v) is 28.1. The molecule has 0 amide bonds. The summed E-state index contributed by atoms with van der Waals surface area (Å²) >= 11 is 0. The molecule has 5 aromatic carbocycles. The van der Waals surface area contributed by atoms with Gasteiger partial charge in [0.25, 0.3) is 0 Å². The van der Waals surface area contributed by atoms with Gasteiger partial charge in [-0.25, -0.2) is 4.98 Å². The van der Waals surface area contributed by atoms with Crippen LogP contribution in [0.1, 0.15) is 22.5 Å². The Morgan fingerprint density at radius 3 is 2.02 bits per heavy atom. The van der Waals surface area contributed by atoms with Crippen LogP contribution in [-0.4, -0.2) is 19.9 Å². The molecule has 48 heavy (non-hydrogen) atoms. The Labute approximate surface area is 293 Å². The van der Waals surface area contributed by atoms with E-state index < -0.39 is 5.41 Å². The summed E-state index contributed by atoms with van der Waals surface area (Å²) in [4.78, 5) is 18.6. The third-order valence-corrected chi connectivity index (χ3v) is 8.53. The Kier molecular flexibility index (Phi) is 8.80. The summed E-state index contributed by atoms with van der Waals surface area (Å²) in [5.74, 6) is 0. The molecule has 0 unspecified atom stereocenters. The summed E-state index contributed by atoms with van der Waals surface area (Å²) in [5, 5.41) is 1.06. The quantitative estimate of drug-likeness (QED) is 0.167. The number of rotatable bonds is 4. The molecule has 9 rings (SSSR count). The monoisotopic (exact) mass is 792 g/mol. The van der Waals surface area contributed by atoms with Crippen LogP contribution in [0, 0.1) is 18.2 Å². The first-order chi connectivity index (χ1) is 23.3. The van der Waals surface area contributed by atoms with Crippen molar-refractivity contribution in [1.82, 2.24) is 19.9 Å². The Morgan fingerprint density at radius 1 is 0.500 bits per heavy atom. The van der Waals surface area contributed by atoms with Crippen LogP contribution in [0.3, 0.4) is 0 Å². The molecule has 0 saturated carbocycles. The molecule has 0 saturated heterocycles. The SMILES string of the molecule is [Ir+3].[c-]1ccccc1-c1cccc([C@]2(c3ccccn3)c3[c-]cccc3-c3ccccc32)n1.[c-]1ccccc1-c1ncnc2ccccc12. The van der Waals surface area contributed by atoms with Crippen molar-refractivity contribution in [2.75, 3.05) is 0 Å². The van der Waals surface area contributed by atoms with Crippen molar-refractivity contribution in [1.29, 1.82) is 0 Å². The first-order valence-electron chi connectivity index (χ1n) is 15.5. The molecule has 5 heteroatoms. The Balaban J connectivity index is 0.000000181.